The summed E-state index contributed by atoms with van der Waals surface area (Å²) in [7, 11) is 2.00. The third kappa shape index (κ3) is 5.31. The van der Waals surface area contributed by atoms with Crippen LogP contribution in [0.2, 0.25) is 0 Å². The number of unbranched alkanes of at least 4 members (excludes halogenated alkanes) is 1. The fraction of sp³-hybridized carbons (Fsp3) is 0.769. The molecule has 16 heavy (non-hydrogen) atoms. The van der Waals surface area contributed by atoms with Crippen LogP contribution in [0.1, 0.15) is 38.8 Å². The summed E-state index contributed by atoms with van der Waals surface area (Å²) in [6, 6.07) is 2.08. The summed E-state index contributed by atoms with van der Waals surface area (Å²) in [5, 5.41) is 7.64. The number of hydrogen-bond donors (Lipinski definition) is 1. The van der Waals surface area contributed by atoms with Crippen LogP contribution in [-0.2, 0) is 13.5 Å². The Balaban J connectivity index is 1.94. The van der Waals surface area contributed by atoms with E-state index in [0.717, 1.165) is 25.4 Å². The average Bonchev–Trinajstić information content (AvgIpc) is 2.62. The summed E-state index contributed by atoms with van der Waals surface area (Å²) in [6.07, 6.45) is 6.92. The third-order valence-corrected chi connectivity index (χ3v) is 2.87. The largest absolute Gasteiger partial charge is 0.316 e. The van der Waals surface area contributed by atoms with Crippen molar-refractivity contribution in [2.24, 2.45) is 13.0 Å². The molecule has 0 atom stereocenters. The van der Waals surface area contributed by atoms with Gasteiger partial charge in [0.05, 0.1) is 0 Å². The molecule has 0 aliphatic rings. The summed E-state index contributed by atoms with van der Waals surface area (Å²) in [5.41, 5.74) is 1.30. The molecule has 1 N–H and O–H groups in total. The fourth-order valence-corrected chi connectivity index (χ4v) is 1.79. The Kier molecular flexibility index (Phi) is 6.16. The van der Waals surface area contributed by atoms with Crippen molar-refractivity contribution >= 4 is 0 Å². The van der Waals surface area contributed by atoms with Crippen molar-refractivity contribution in [3.8, 4) is 0 Å². The maximum Gasteiger partial charge on any atom is 0.0492 e. The lowest BCUT2D eigenvalue weighted by Crippen LogP contribution is -2.19. The lowest BCUT2D eigenvalue weighted by atomic mass is 10.1. The molecule has 0 bridgehead atoms. The molecule has 0 aliphatic carbocycles. The van der Waals surface area contributed by atoms with Crippen molar-refractivity contribution in [2.75, 3.05) is 13.1 Å². The molecule has 3 nitrogen and oxygen atoms in total. The third-order valence-electron chi connectivity index (χ3n) is 2.87. The highest BCUT2D eigenvalue weighted by atomic mass is 15.3. The minimum Gasteiger partial charge on any atom is -0.316 e. The SMILES string of the molecule is CC(C)CCCCNCCc1ccnn1C. The Hall–Kier alpha value is -0.830. The topological polar surface area (TPSA) is 29.9 Å². The molecular weight excluding hydrogens is 198 g/mol. The number of aryl methyl sites for hydroxylation is 1. The van der Waals surface area contributed by atoms with Crippen LogP contribution in [0.3, 0.4) is 0 Å². The highest BCUT2D eigenvalue weighted by Gasteiger charge is 1.97. The molecule has 0 aromatic carbocycles. The van der Waals surface area contributed by atoms with Gasteiger partial charge in [0.15, 0.2) is 0 Å². The van der Waals surface area contributed by atoms with Crippen LogP contribution in [-0.4, -0.2) is 22.9 Å². The molecule has 0 radical (unpaired) electrons. The smallest absolute Gasteiger partial charge is 0.0492 e. The van der Waals surface area contributed by atoms with Crippen LogP contribution in [0.4, 0.5) is 0 Å². The zero-order valence-electron chi connectivity index (χ0n) is 10.9. The number of rotatable bonds is 8. The van der Waals surface area contributed by atoms with Crippen LogP contribution >= 0.6 is 0 Å². The summed E-state index contributed by atoms with van der Waals surface area (Å²) in [6.45, 7) is 6.78. The van der Waals surface area contributed by atoms with Crippen LogP contribution < -0.4 is 5.32 Å². The van der Waals surface area contributed by atoms with Gasteiger partial charge in [-0.15, -0.1) is 0 Å². The second-order valence-electron chi connectivity index (χ2n) is 4.84. The molecule has 0 unspecified atom stereocenters. The maximum absolute atomic E-state index is 4.15. The van der Waals surface area contributed by atoms with Gasteiger partial charge in [0.1, 0.15) is 0 Å². The van der Waals surface area contributed by atoms with Crippen LogP contribution in [0, 0.1) is 5.92 Å². The zero-order valence-corrected chi connectivity index (χ0v) is 10.9. The Morgan fingerprint density at radius 1 is 1.31 bits per heavy atom. The molecule has 0 spiro atoms. The normalized spacial score (nSPS) is 11.2. The van der Waals surface area contributed by atoms with Crippen molar-refractivity contribution in [3.63, 3.8) is 0 Å². The summed E-state index contributed by atoms with van der Waals surface area (Å²) < 4.78 is 1.94. The van der Waals surface area contributed by atoms with Crippen molar-refractivity contribution in [1.29, 1.82) is 0 Å². The molecule has 0 saturated carbocycles. The molecule has 0 amide bonds. The Labute approximate surface area is 99.2 Å². The number of aromatic nitrogens is 2. The van der Waals surface area contributed by atoms with E-state index >= 15 is 0 Å². The molecule has 1 rings (SSSR count). The van der Waals surface area contributed by atoms with E-state index in [4.69, 9.17) is 0 Å². The number of hydrogen-bond acceptors (Lipinski definition) is 2. The van der Waals surface area contributed by atoms with Gasteiger partial charge in [-0.25, -0.2) is 0 Å². The summed E-state index contributed by atoms with van der Waals surface area (Å²) in [5.74, 6) is 0.842. The van der Waals surface area contributed by atoms with Gasteiger partial charge in [0, 0.05) is 31.9 Å². The maximum atomic E-state index is 4.15. The molecule has 0 aliphatic heterocycles. The average molecular weight is 223 g/mol. The van der Waals surface area contributed by atoms with E-state index in [1.54, 1.807) is 0 Å². The van der Waals surface area contributed by atoms with Crippen molar-refractivity contribution in [1.82, 2.24) is 15.1 Å². The highest BCUT2D eigenvalue weighted by Crippen LogP contribution is 2.05. The van der Waals surface area contributed by atoms with E-state index in [2.05, 4.69) is 30.3 Å². The van der Waals surface area contributed by atoms with Crippen molar-refractivity contribution in [3.05, 3.63) is 18.0 Å². The second kappa shape index (κ2) is 7.44. The first kappa shape index (κ1) is 13.2. The Morgan fingerprint density at radius 3 is 2.75 bits per heavy atom. The van der Waals surface area contributed by atoms with E-state index in [1.165, 1.54) is 25.0 Å². The van der Waals surface area contributed by atoms with Gasteiger partial charge in [0.25, 0.3) is 0 Å². The van der Waals surface area contributed by atoms with E-state index in [-0.39, 0.29) is 0 Å². The number of nitrogens with one attached hydrogen (secondary N) is 1. The molecule has 3 heteroatoms. The second-order valence-corrected chi connectivity index (χ2v) is 4.84. The summed E-state index contributed by atoms with van der Waals surface area (Å²) >= 11 is 0. The van der Waals surface area contributed by atoms with Gasteiger partial charge in [-0.05, 0) is 24.9 Å². The van der Waals surface area contributed by atoms with E-state index in [9.17, 15) is 0 Å². The Bertz CT molecular complexity index is 278. The van der Waals surface area contributed by atoms with Gasteiger partial charge in [0.2, 0.25) is 0 Å². The number of nitrogens with zero attached hydrogens (tertiary/aromatic N) is 2. The molecule has 0 saturated heterocycles. The minimum absolute atomic E-state index is 0.842. The lowest BCUT2D eigenvalue weighted by Gasteiger charge is -2.06. The first-order chi connectivity index (χ1) is 7.70. The highest BCUT2D eigenvalue weighted by molar-refractivity contribution is 5.00. The Morgan fingerprint density at radius 2 is 2.12 bits per heavy atom. The monoisotopic (exact) mass is 223 g/mol. The van der Waals surface area contributed by atoms with Gasteiger partial charge in [-0.1, -0.05) is 26.7 Å². The van der Waals surface area contributed by atoms with Crippen LogP contribution in [0.15, 0.2) is 12.3 Å². The summed E-state index contributed by atoms with van der Waals surface area (Å²) in [4.78, 5) is 0. The molecule has 1 aromatic rings. The van der Waals surface area contributed by atoms with Gasteiger partial charge < -0.3 is 5.32 Å². The first-order valence-electron chi connectivity index (χ1n) is 6.37. The van der Waals surface area contributed by atoms with E-state index in [1.807, 2.05) is 17.9 Å². The quantitative estimate of drug-likeness (QED) is 0.686. The molecule has 0 fully saturated rings. The van der Waals surface area contributed by atoms with Gasteiger partial charge >= 0.3 is 0 Å². The van der Waals surface area contributed by atoms with Crippen molar-refractivity contribution < 1.29 is 0 Å². The molecule has 92 valence electrons. The molecule has 1 aromatic heterocycles. The standard InChI is InChI=1S/C13H25N3/c1-12(2)6-4-5-9-14-10-7-13-8-11-15-16(13)3/h8,11-12,14H,4-7,9-10H2,1-3H3. The first-order valence-corrected chi connectivity index (χ1v) is 6.37. The fourth-order valence-electron chi connectivity index (χ4n) is 1.79. The minimum atomic E-state index is 0.842. The molecular formula is C13H25N3. The predicted molar refractivity (Wildman–Crippen MR) is 68.5 cm³/mol. The predicted octanol–water partition coefficient (Wildman–Crippen LogP) is 2.38. The van der Waals surface area contributed by atoms with Crippen LogP contribution in [0.5, 0.6) is 0 Å². The van der Waals surface area contributed by atoms with Gasteiger partial charge in [-0.2, -0.15) is 5.10 Å². The van der Waals surface area contributed by atoms with Crippen molar-refractivity contribution in [2.45, 2.75) is 39.5 Å². The van der Waals surface area contributed by atoms with Gasteiger partial charge in [-0.3, -0.25) is 4.68 Å². The molecule has 1 heterocycles. The van der Waals surface area contributed by atoms with E-state index < -0.39 is 0 Å². The van der Waals surface area contributed by atoms with Crippen LogP contribution in [0.25, 0.3) is 0 Å². The van der Waals surface area contributed by atoms with E-state index in [0.29, 0.717) is 0 Å². The zero-order chi connectivity index (χ0) is 11.8. The lowest BCUT2D eigenvalue weighted by molar-refractivity contribution is 0.520.